The van der Waals surface area contributed by atoms with Crippen LogP contribution >= 0.6 is 0 Å². The highest BCUT2D eigenvalue weighted by Crippen LogP contribution is 2.36. The summed E-state index contributed by atoms with van der Waals surface area (Å²) in [7, 11) is -4.63. The Balaban J connectivity index is 0.000000781. The van der Waals surface area contributed by atoms with Crippen molar-refractivity contribution >= 4 is 29.8 Å². The number of oxazole rings is 1. The van der Waals surface area contributed by atoms with Gasteiger partial charge in [-0.3, -0.25) is 4.79 Å². The van der Waals surface area contributed by atoms with E-state index in [-0.39, 0.29) is 17.4 Å². The second-order valence-corrected chi connectivity index (χ2v) is 15.8. The second-order valence-electron chi connectivity index (χ2n) is 9.62. The Hall–Kier alpha value is -2.92. The van der Waals surface area contributed by atoms with Crippen molar-refractivity contribution in [1.82, 2.24) is 0 Å². The van der Waals surface area contributed by atoms with E-state index in [2.05, 4.69) is 45.7 Å². The molecule has 1 aromatic heterocycles. The van der Waals surface area contributed by atoms with Crippen LogP contribution in [0.5, 0.6) is 0 Å². The summed E-state index contributed by atoms with van der Waals surface area (Å²) in [6.07, 6.45) is 1.83. The van der Waals surface area contributed by atoms with Crippen LogP contribution in [0, 0.1) is 11.8 Å². The van der Waals surface area contributed by atoms with E-state index in [9.17, 15) is 18.0 Å². The average molecular weight is 576 g/mol. The number of nitrogens with zero attached hydrogens (tertiary/aromatic N) is 1. The van der Waals surface area contributed by atoms with Gasteiger partial charge < -0.3 is 18.1 Å². The molecule has 0 unspecified atom stereocenters. The summed E-state index contributed by atoms with van der Waals surface area (Å²) in [5.41, 5.74) is -4.10. The fourth-order valence-electron chi connectivity index (χ4n) is 2.59. The first-order valence-corrected chi connectivity index (χ1v) is 15.5. The van der Waals surface area contributed by atoms with Crippen LogP contribution in [0.2, 0.25) is 18.1 Å². The smallest absolute Gasteiger partial charge is 0.485 e. The monoisotopic (exact) mass is 575 g/mol. The minimum absolute atomic E-state index is 0.0954. The van der Waals surface area contributed by atoms with Crippen molar-refractivity contribution < 1.29 is 49.1 Å². The van der Waals surface area contributed by atoms with Crippen LogP contribution in [0.1, 0.15) is 33.5 Å². The summed E-state index contributed by atoms with van der Waals surface area (Å²) in [4.78, 5) is 12.6. The van der Waals surface area contributed by atoms with E-state index in [0.29, 0.717) is 17.2 Å². The van der Waals surface area contributed by atoms with E-state index in [1.807, 2.05) is 48.1 Å². The lowest BCUT2D eigenvalue weighted by Crippen LogP contribution is -2.40. The Labute approximate surface area is 222 Å². The predicted octanol–water partition coefficient (Wildman–Crippen LogP) is 4.79. The molecule has 0 aliphatic carbocycles. The molecule has 0 aliphatic rings. The molecule has 0 amide bonds. The van der Waals surface area contributed by atoms with Crippen molar-refractivity contribution in [1.29, 1.82) is 0 Å². The van der Waals surface area contributed by atoms with Crippen molar-refractivity contribution in [2.45, 2.75) is 51.3 Å². The van der Waals surface area contributed by atoms with Crippen LogP contribution in [0.3, 0.4) is 0 Å². The maximum Gasteiger partial charge on any atom is 0.485 e. The van der Waals surface area contributed by atoms with Crippen LogP contribution in [0.25, 0.3) is 17.0 Å². The van der Waals surface area contributed by atoms with Crippen molar-refractivity contribution in [2.75, 3.05) is 13.7 Å². The molecule has 0 spiro atoms. The molecule has 0 radical (unpaired) electrons. The number of ketones is 1. The molecule has 0 aliphatic heterocycles. The number of carbonyl (C=O) groups is 1. The first-order valence-electron chi connectivity index (χ1n) is 11.2. The van der Waals surface area contributed by atoms with Crippen LogP contribution in [0.15, 0.2) is 46.7 Å². The summed E-state index contributed by atoms with van der Waals surface area (Å²) in [5.74, 6) is 6.51. The van der Waals surface area contributed by atoms with Gasteiger partial charge in [-0.2, -0.15) is 17.7 Å². The third-order valence-electron chi connectivity index (χ3n) is 5.78. The summed E-state index contributed by atoms with van der Waals surface area (Å²) in [5, 5.41) is 0.0954. The molecule has 0 bridgehead atoms. The number of carbonyl (C=O) groups excluding carboxylic acids is 1. The molecular weight excluding hydrogens is 543 g/mol. The first kappa shape index (κ1) is 33.1. The zero-order valence-electron chi connectivity index (χ0n) is 22.5. The van der Waals surface area contributed by atoms with Gasteiger partial charge in [-0.25, -0.2) is 8.42 Å². The minimum Gasteiger partial charge on any atom is -0.741 e. The first-order chi connectivity index (χ1) is 17.2. The number of aryl methyl sites for hydroxylation is 1. The average Bonchev–Trinajstić information content (AvgIpc) is 3.17. The fourth-order valence-corrected chi connectivity index (χ4v) is 3.45. The summed E-state index contributed by atoms with van der Waals surface area (Å²) in [6.45, 7) is 12.8. The Kier molecular flexibility index (Phi) is 11.1. The fraction of sp³-hybridized carbons (Fsp3) is 0.440. The quantitative estimate of drug-likeness (QED) is 0.0712. The van der Waals surface area contributed by atoms with Crippen molar-refractivity contribution in [3.8, 4) is 23.3 Å². The largest absolute Gasteiger partial charge is 0.741 e. The SMILES string of the molecule is CO/C(C(=O)C#CCO[Si](C)(C)C(C)(C)C)=C(\C)c1c[n+](C)c(-c2ccccc2)o1.O=S(=O)([O-])C(F)(F)F. The molecule has 8 nitrogen and oxygen atoms in total. The van der Waals surface area contributed by atoms with E-state index < -0.39 is 29.7 Å². The summed E-state index contributed by atoms with van der Waals surface area (Å²) in [6, 6.07) is 9.79. The van der Waals surface area contributed by atoms with E-state index in [4.69, 9.17) is 26.6 Å². The Bertz CT molecular complexity index is 1310. The highest BCUT2D eigenvalue weighted by atomic mass is 32.2. The van der Waals surface area contributed by atoms with Crippen LogP contribution in [0.4, 0.5) is 13.2 Å². The Morgan fingerprint density at radius 1 is 1.16 bits per heavy atom. The third kappa shape index (κ3) is 9.12. The van der Waals surface area contributed by atoms with E-state index in [1.54, 1.807) is 6.92 Å². The number of Topliss-reactive ketones (excluding diaryl/α,β-unsaturated/α-hetero) is 1. The lowest BCUT2D eigenvalue weighted by molar-refractivity contribution is -0.662. The number of aromatic nitrogens is 1. The standard InChI is InChI=1S/C24H32NO4Si.CHF3O3S/c1-18(21-17-25(5)23(29-21)19-13-10-9-11-14-19)22(27-6)20(26)15-12-16-28-30(7,8)24(2,3)4;2-1(3,4)8(5,6)7/h9-11,13-14,17H,16H2,1-8H3;(H,5,6,7)/q+1;/p-1/b22-18+;. The second kappa shape index (κ2) is 12.7. The van der Waals surface area contributed by atoms with Crippen molar-refractivity contribution in [2.24, 2.45) is 7.05 Å². The third-order valence-corrected chi connectivity index (χ3v) is 10.8. The normalized spacial score (nSPS) is 12.9. The van der Waals surface area contributed by atoms with Gasteiger partial charge in [-0.05, 0) is 43.1 Å². The lowest BCUT2D eigenvalue weighted by atomic mass is 10.1. The molecule has 210 valence electrons. The van der Waals surface area contributed by atoms with E-state index in [0.717, 1.165) is 5.56 Å². The number of rotatable bonds is 6. The number of ether oxygens (including phenoxy) is 1. The van der Waals surface area contributed by atoms with Gasteiger partial charge in [-0.1, -0.05) is 44.9 Å². The number of hydrogen-bond donors (Lipinski definition) is 0. The lowest BCUT2D eigenvalue weighted by Gasteiger charge is -2.35. The maximum atomic E-state index is 12.6. The number of alkyl halides is 3. The van der Waals surface area contributed by atoms with Crippen LogP contribution in [-0.2, 0) is 31.1 Å². The number of allylic oxidation sites excluding steroid dienone is 2. The molecule has 13 heteroatoms. The van der Waals surface area contributed by atoms with Crippen molar-refractivity contribution in [3.05, 3.63) is 48.0 Å². The zero-order valence-corrected chi connectivity index (χ0v) is 24.3. The zero-order chi connectivity index (χ0) is 29.5. The van der Waals surface area contributed by atoms with Gasteiger partial charge in [-0.15, -0.1) is 0 Å². The molecule has 1 aromatic carbocycles. The number of halogens is 3. The molecule has 0 fully saturated rings. The van der Waals surface area contributed by atoms with Gasteiger partial charge in [0.2, 0.25) is 12.0 Å². The summed E-state index contributed by atoms with van der Waals surface area (Å²) < 4.78 is 78.2. The van der Waals surface area contributed by atoms with Crippen LogP contribution in [-0.4, -0.2) is 46.3 Å². The highest BCUT2D eigenvalue weighted by Gasteiger charge is 2.37. The molecule has 0 saturated heterocycles. The summed E-state index contributed by atoms with van der Waals surface area (Å²) >= 11 is 0. The number of hydrogen-bond acceptors (Lipinski definition) is 7. The van der Waals surface area contributed by atoms with Crippen molar-refractivity contribution in [3.63, 3.8) is 0 Å². The minimum atomic E-state index is -6.09. The van der Waals surface area contributed by atoms with Crippen LogP contribution < -0.4 is 4.57 Å². The molecule has 38 heavy (non-hydrogen) atoms. The van der Waals surface area contributed by atoms with E-state index in [1.165, 1.54) is 7.11 Å². The van der Waals surface area contributed by atoms with Gasteiger partial charge in [0.25, 0.3) is 5.78 Å². The Morgan fingerprint density at radius 2 is 1.68 bits per heavy atom. The van der Waals surface area contributed by atoms with E-state index >= 15 is 0 Å². The van der Waals surface area contributed by atoms with Gasteiger partial charge in [0.05, 0.1) is 19.3 Å². The molecule has 0 N–H and O–H groups in total. The maximum absolute atomic E-state index is 12.6. The molecule has 1 heterocycles. The Morgan fingerprint density at radius 3 is 2.13 bits per heavy atom. The highest BCUT2D eigenvalue weighted by molar-refractivity contribution is 7.86. The molecule has 0 saturated carbocycles. The molecule has 0 atom stereocenters. The number of benzene rings is 1. The molecule has 2 aromatic rings. The predicted molar refractivity (Wildman–Crippen MR) is 137 cm³/mol. The van der Waals surface area contributed by atoms with Gasteiger partial charge in [0.1, 0.15) is 7.05 Å². The van der Waals surface area contributed by atoms with Gasteiger partial charge in [0, 0.05) is 5.57 Å². The molecule has 2 rings (SSSR count). The van der Waals surface area contributed by atoms with Gasteiger partial charge >= 0.3 is 11.4 Å². The van der Waals surface area contributed by atoms with Gasteiger partial charge in [0.15, 0.2) is 24.2 Å². The topological polar surface area (TPSA) is 110 Å². The number of methoxy groups -OCH3 is 1. The molecular formula is C25H32F3NO7SSi.